The zero-order valence-electron chi connectivity index (χ0n) is 9.64. The van der Waals surface area contributed by atoms with Gasteiger partial charge in [0.2, 0.25) is 0 Å². The number of hydrogen-bond acceptors (Lipinski definition) is 3. The van der Waals surface area contributed by atoms with Crippen LogP contribution in [0.15, 0.2) is 12.3 Å². The quantitative estimate of drug-likeness (QED) is 0.925. The molecule has 0 bridgehead atoms. The van der Waals surface area contributed by atoms with Gasteiger partial charge in [-0.3, -0.25) is 4.40 Å². The second-order valence-corrected chi connectivity index (χ2v) is 5.10. The zero-order chi connectivity index (χ0) is 12.7. The van der Waals surface area contributed by atoms with E-state index in [4.69, 9.17) is 16.7 Å². The van der Waals surface area contributed by atoms with Crippen LogP contribution in [0.1, 0.15) is 35.4 Å². The molecule has 0 amide bonds. The Labute approximate surface area is 108 Å². The van der Waals surface area contributed by atoms with Crippen LogP contribution in [0.2, 0.25) is 5.02 Å². The Morgan fingerprint density at radius 2 is 2.28 bits per heavy atom. The lowest BCUT2D eigenvalue weighted by atomic mass is 9.83. The van der Waals surface area contributed by atoms with Crippen molar-refractivity contribution in [3.63, 3.8) is 0 Å². The molecule has 3 rings (SSSR count). The fraction of sp³-hybridized carbons (Fsp3) is 0.417. The molecule has 2 aromatic rings. The van der Waals surface area contributed by atoms with Crippen LogP contribution in [-0.2, 0) is 6.42 Å². The van der Waals surface area contributed by atoms with Crippen LogP contribution in [0, 0.1) is 5.92 Å². The molecule has 0 atom stereocenters. The van der Waals surface area contributed by atoms with Crippen LogP contribution in [0.3, 0.4) is 0 Å². The third-order valence-corrected chi connectivity index (χ3v) is 3.75. The standard InChI is InChI=1S/C12H12ClN3O2/c13-9-5-8(12(17)18)6-16-10(14-15-11(9)16)4-7-2-1-3-7/h5-7H,1-4H2,(H,17,18). The molecule has 6 heteroatoms. The van der Waals surface area contributed by atoms with Crippen LogP contribution < -0.4 is 0 Å². The first-order valence-corrected chi connectivity index (χ1v) is 6.29. The minimum Gasteiger partial charge on any atom is -0.478 e. The van der Waals surface area contributed by atoms with Crippen molar-refractivity contribution in [1.29, 1.82) is 0 Å². The van der Waals surface area contributed by atoms with Gasteiger partial charge in [0.1, 0.15) is 5.82 Å². The number of pyridine rings is 1. The summed E-state index contributed by atoms with van der Waals surface area (Å²) in [6.07, 6.45) is 6.06. The second-order valence-electron chi connectivity index (χ2n) is 4.69. The summed E-state index contributed by atoms with van der Waals surface area (Å²) in [5.41, 5.74) is 0.679. The average molecular weight is 266 g/mol. The summed E-state index contributed by atoms with van der Waals surface area (Å²) in [5.74, 6) is 0.437. The number of aromatic carboxylic acids is 1. The molecule has 0 saturated heterocycles. The van der Waals surface area contributed by atoms with Crippen LogP contribution in [0.4, 0.5) is 0 Å². The monoisotopic (exact) mass is 265 g/mol. The molecule has 2 aromatic heterocycles. The van der Waals surface area contributed by atoms with Gasteiger partial charge in [-0.05, 0) is 12.0 Å². The summed E-state index contributed by atoms with van der Waals surface area (Å²) in [6.45, 7) is 0. The van der Waals surface area contributed by atoms with Gasteiger partial charge in [-0.2, -0.15) is 0 Å². The van der Waals surface area contributed by atoms with E-state index in [1.54, 1.807) is 4.40 Å². The minimum absolute atomic E-state index is 0.155. The van der Waals surface area contributed by atoms with Crippen LogP contribution >= 0.6 is 11.6 Å². The Bertz CT molecular complexity index is 619. The molecule has 0 aliphatic heterocycles. The van der Waals surface area contributed by atoms with Crippen molar-refractivity contribution in [2.75, 3.05) is 0 Å². The van der Waals surface area contributed by atoms with Gasteiger partial charge in [-0.15, -0.1) is 10.2 Å². The number of aromatic nitrogens is 3. The van der Waals surface area contributed by atoms with E-state index >= 15 is 0 Å². The molecule has 0 spiro atoms. The normalized spacial score (nSPS) is 15.8. The summed E-state index contributed by atoms with van der Waals surface area (Å²) < 4.78 is 1.70. The highest BCUT2D eigenvalue weighted by atomic mass is 35.5. The summed E-state index contributed by atoms with van der Waals surface area (Å²) in [4.78, 5) is 11.0. The molecular formula is C12H12ClN3O2. The fourth-order valence-corrected chi connectivity index (χ4v) is 2.46. The van der Waals surface area contributed by atoms with Crippen LogP contribution in [-0.4, -0.2) is 25.7 Å². The number of halogens is 1. The van der Waals surface area contributed by atoms with Gasteiger partial charge in [0.25, 0.3) is 0 Å². The Balaban J connectivity index is 2.06. The number of nitrogens with zero attached hydrogens (tertiary/aromatic N) is 3. The zero-order valence-corrected chi connectivity index (χ0v) is 10.4. The van der Waals surface area contributed by atoms with Crippen molar-refractivity contribution in [1.82, 2.24) is 14.6 Å². The molecule has 2 heterocycles. The predicted molar refractivity (Wildman–Crippen MR) is 66.0 cm³/mol. The van der Waals surface area contributed by atoms with E-state index < -0.39 is 5.97 Å². The Morgan fingerprint density at radius 3 is 2.89 bits per heavy atom. The van der Waals surface area contributed by atoms with Gasteiger partial charge in [0.15, 0.2) is 5.65 Å². The lowest BCUT2D eigenvalue weighted by molar-refractivity contribution is 0.0696. The molecule has 1 aliphatic carbocycles. The number of carboxylic acid groups (broad SMARTS) is 1. The molecule has 5 nitrogen and oxygen atoms in total. The summed E-state index contributed by atoms with van der Waals surface area (Å²) in [6, 6.07) is 1.40. The van der Waals surface area contributed by atoms with E-state index in [9.17, 15) is 4.79 Å². The SMILES string of the molecule is O=C(O)c1cc(Cl)c2nnc(CC3CCC3)n2c1. The van der Waals surface area contributed by atoms with E-state index in [0.29, 0.717) is 16.6 Å². The number of carbonyl (C=O) groups is 1. The third-order valence-electron chi connectivity index (χ3n) is 3.47. The Morgan fingerprint density at radius 1 is 1.50 bits per heavy atom. The fourth-order valence-electron chi connectivity index (χ4n) is 2.21. The number of fused-ring (bicyclic) bond motifs is 1. The summed E-state index contributed by atoms with van der Waals surface area (Å²) in [5, 5.41) is 17.5. The third kappa shape index (κ3) is 1.84. The highest BCUT2D eigenvalue weighted by molar-refractivity contribution is 6.33. The smallest absolute Gasteiger partial charge is 0.337 e. The Hall–Kier alpha value is -1.62. The maximum Gasteiger partial charge on any atom is 0.337 e. The molecule has 18 heavy (non-hydrogen) atoms. The average Bonchev–Trinajstić information content (AvgIpc) is 2.67. The van der Waals surface area contributed by atoms with Gasteiger partial charge in [0.05, 0.1) is 10.6 Å². The first kappa shape index (κ1) is 11.5. The predicted octanol–water partition coefficient (Wildman–Crippen LogP) is 2.42. The van der Waals surface area contributed by atoms with E-state index in [-0.39, 0.29) is 5.56 Å². The first-order chi connectivity index (χ1) is 8.65. The van der Waals surface area contributed by atoms with Crippen molar-refractivity contribution >= 4 is 23.2 Å². The van der Waals surface area contributed by atoms with Crippen molar-refractivity contribution in [2.45, 2.75) is 25.7 Å². The number of carboxylic acids is 1. The lowest BCUT2D eigenvalue weighted by Gasteiger charge is -2.24. The maximum atomic E-state index is 11.0. The van der Waals surface area contributed by atoms with E-state index in [1.165, 1.54) is 31.5 Å². The summed E-state index contributed by atoms with van der Waals surface area (Å²) >= 11 is 6.02. The molecule has 1 fully saturated rings. The van der Waals surface area contributed by atoms with E-state index in [1.807, 2.05) is 0 Å². The summed E-state index contributed by atoms with van der Waals surface area (Å²) in [7, 11) is 0. The molecule has 1 aliphatic rings. The minimum atomic E-state index is -0.998. The maximum absolute atomic E-state index is 11.0. The topological polar surface area (TPSA) is 67.5 Å². The number of rotatable bonds is 3. The molecule has 0 unspecified atom stereocenters. The molecule has 94 valence electrons. The largest absolute Gasteiger partial charge is 0.478 e. The molecule has 1 N–H and O–H groups in total. The van der Waals surface area contributed by atoms with Gasteiger partial charge < -0.3 is 5.11 Å². The van der Waals surface area contributed by atoms with Gasteiger partial charge >= 0.3 is 5.97 Å². The first-order valence-electron chi connectivity index (χ1n) is 5.91. The Kier molecular flexibility index (Phi) is 2.70. The van der Waals surface area contributed by atoms with Gasteiger partial charge in [-0.25, -0.2) is 4.79 Å². The van der Waals surface area contributed by atoms with Gasteiger partial charge in [0, 0.05) is 12.6 Å². The van der Waals surface area contributed by atoms with E-state index in [2.05, 4.69) is 10.2 Å². The number of hydrogen-bond donors (Lipinski definition) is 1. The molecule has 0 radical (unpaired) electrons. The highest BCUT2D eigenvalue weighted by Crippen LogP contribution is 2.30. The van der Waals surface area contributed by atoms with Gasteiger partial charge in [-0.1, -0.05) is 30.9 Å². The van der Waals surface area contributed by atoms with Crippen LogP contribution in [0.25, 0.3) is 5.65 Å². The highest BCUT2D eigenvalue weighted by Gasteiger charge is 2.21. The molecule has 1 saturated carbocycles. The van der Waals surface area contributed by atoms with E-state index in [0.717, 1.165) is 12.2 Å². The molecular weight excluding hydrogens is 254 g/mol. The lowest BCUT2D eigenvalue weighted by Crippen LogP contribution is -2.15. The van der Waals surface area contributed by atoms with Crippen molar-refractivity contribution in [3.05, 3.63) is 28.7 Å². The molecule has 0 aromatic carbocycles. The van der Waals surface area contributed by atoms with Crippen molar-refractivity contribution in [2.24, 2.45) is 5.92 Å². The van der Waals surface area contributed by atoms with Crippen molar-refractivity contribution < 1.29 is 9.90 Å². The van der Waals surface area contributed by atoms with Crippen molar-refractivity contribution in [3.8, 4) is 0 Å². The van der Waals surface area contributed by atoms with Crippen LogP contribution in [0.5, 0.6) is 0 Å². The second kappa shape index (κ2) is 4.24.